The molecular weight excluding hydrogens is 364 g/mol. The van der Waals surface area contributed by atoms with Crippen molar-refractivity contribution in [1.29, 1.82) is 0 Å². The molecule has 1 aliphatic heterocycles. The van der Waals surface area contributed by atoms with E-state index >= 15 is 0 Å². The largest absolute Gasteiger partial charge is 0.491 e. The van der Waals surface area contributed by atoms with Crippen LogP contribution < -0.4 is 10.1 Å². The van der Waals surface area contributed by atoms with Gasteiger partial charge in [-0.15, -0.1) is 0 Å². The van der Waals surface area contributed by atoms with E-state index in [0.717, 1.165) is 49.4 Å². The maximum Gasteiger partial charge on any atom is 0.251 e. The van der Waals surface area contributed by atoms with Crippen molar-refractivity contribution in [3.05, 3.63) is 77.9 Å². The molecule has 4 rings (SSSR count). The molecule has 5 heteroatoms. The molecule has 29 heavy (non-hydrogen) atoms. The van der Waals surface area contributed by atoms with Gasteiger partial charge in [0.25, 0.3) is 5.91 Å². The Kier molecular flexibility index (Phi) is 6.39. The fraction of sp³-hybridized carbons (Fsp3) is 0.292. The zero-order chi connectivity index (χ0) is 19.9. The topological polar surface area (TPSA) is 50.8 Å². The van der Waals surface area contributed by atoms with Crippen LogP contribution in [-0.2, 0) is 11.3 Å². The maximum atomic E-state index is 12.4. The lowest BCUT2D eigenvalue weighted by molar-refractivity contribution is 0.0342. The van der Waals surface area contributed by atoms with E-state index in [1.165, 1.54) is 5.56 Å². The first-order valence-electron chi connectivity index (χ1n) is 10.1. The molecule has 1 N–H and O–H groups in total. The van der Waals surface area contributed by atoms with Crippen LogP contribution in [0.25, 0.3) is 10.8 Å². The number of carbonyl (C=O) groups is 1. The zero-order valence-corrected chi connectivity index (χ0v) is 16.5. The Bertz CT molecular complexity index is 945. The van der Waals surface area contributed by atoms with E-state index in [9.17, 15) is 4.79 Å². The summed E-state index contributed by atoms with van der Waals surface area (Å²) >= 11 is 0. The first-order valence-corrected chi connectivity index (χ1v) is 10.1. The van der Waals surface area contributed by atoms with Gasteiger partial charge in [-0.25, -0.2) is 0 Å². The maximum absolute atomic E-state index is 12.4. The van der Waals surface area contributed by atoms with Gasteiger partial charge in [0.1, 0.15) is 12.4 Å². The molecule has 0 spiro atoms. The molecule has 0 bridgehead atoms. The molecule has 3 aromatic carbocycles. The van der Waals surface area contributed by atoms with Gasteiger partial charge in [0.2, 0.25) is 0 Å². The van der Waals surface area contributed by atoms with E-state index in [2.05, 4.69) is 22.3 Å². The number of fused-ring (bicyclic) bond motifs is 1. The SMILES string of the molecule is O=C(NCCOc1cccc2ccccc12)c1ccc(CN2CCOCC2)cc1. The number of amides is 1. The molecular formula is C24H26N2O3. The van der Waals surface area contributed by atoms with E-state index in [4.69, 9.17) is 9.47 Å². The number of nitrogens with one attached hydrogen (secondary N) is 1. The summed E-state index contributed by atoms with van der Waals surface area (Å²) in [6, 6.07) is 21.9. The predicted molar refractivity (Wildman–Crippen MR) is 114 cm³/mol. The molecule has 5 nitrogen and oxygen atoms in total. The quantitative estimate of drug-likeness (QED) is 0.628. The van der Waals surface area contributed by atoms with Gasteiger partial charge < -0.3 is 14.8 Å². The van der Waals surface area contributed by atoms with Gasteiger partial charge in [0, 0.05) is 30.6 Å². The minimum atomic E-state index is -0.0792. The van der Waals surface area contributed by atoms with Crippen LogP contribution >= 0.6 is 0 Å². The van der Waals surface area contributed by atoms with Crippen molar-refractivity contribution in [3.63, 3.8) is 0 Å². The number of hydrogen-bond donors (Lipinski definition) is 1. The van der Waals surface area contributed by atoms with Gasteiger partial charge >= 0.3 is 0 Å². The lowest BCUT2D eigenvalue weighted by Crippen LogP contribution is -2.35. The summed E-state index contributed by atoms with van der Waals surface area (Å²) in [7, 11) is 0. The van der Waals surface area contributed by atoms with Crippen LogP contribution in [0.3, 0.4) is 0 Å². The molecule has 1 heterocycles. The lowest BCUT2D eigenvalue weighted by atomic mass is 10.1. The van der Waals surface area contributed by atoms with Crippen molar-refractivity contribution in [1.82, 2.24) is 10.2 Å². The second-order valence-electron chi connectivity index (χ2n) is 7.17. The monoisotopic (exact) mass is 390 g/mol. The van der Waals surface area contributed by atoms with Crippen LogP contribution in [0.15, 0.2) is 66.7 Å². The molecule has 3 aromatic rings. The Morgan fingerprint density at radius 3 is 2.55 bits per heavy atom. The first kappa shape index (κ1) is 19.4. The summed E-state index contributed by atoms with van der Waals surface area (Å²) < 4.78 is 11.3. The third kappa shape index (κ3) is 5.13. The summed E-state index contributed by atoms with van der Waals surface area (Å²) in [5, 5.41) is 5.15. The summed E-state index contributed by atoms with van der Waals surface area (Å²) in [6.45, 7) is 5.27. The average Bonchev–Trinajstić information content (AvgIpc) is 2.78. The number of ether oxygens (including phenoxy) is 2. The molecule has 0 atom stereocenters. The zero-order valence-electron chi connectivity index (χ0n) is 16.5. The lowest BCUT2D eigenvalue weighted by Gasteiger charge is -2.26. The van der Waals surface area contributed by atoms with Gasteiger partial charge in [0.15, 0.2) is 0 Å². The Hall–Kier alpha value is -2.89. The van der Waals surface area contributed by atoms with Crippen LogP contribution in [0.4, 0.5) is 0 Å². The molecule has 1 fully saturated rings. The highest BCUT2D eigenvalue weighted by molar-refractivity contribution is 5.94. The highest BCUT2D eigenvalue weighted by Crippen LogP contribution is 2.24. The van der Waals surface area contributed by atoms with E-state index < -0.39 is 0 Å². The Morgan fingerprint density at radius 2 is 1.72 bits per heavy atom. The minimum Gasteiger partial charge on any atom is -0.491 e. The molecule has 0 radical (unpaired) electrons. The smallest absolute Gasteiger partial charge is 0.251 e. The molecule has 0 aliphatic carbocycles. The molecule has 1 amide bonds. The van der Waals surface area contributed by atoms with Crippen LogP contribution in [0.2, 0.25) is 0 Å². The van der Waals surface area contributed by atoms with Crippen LogP contribution in [0.1, 0.15) is 15.9 Å². The second-order valence-corrected chi connectivity index (χ2v) is 7.17. The summed E-state index contributed by atoms with van der Waals surface area (Å²) in [4.78, 5) is 14.7. The number of rotatable bonds is 7. The van der Waals surface area contributed by atoms with Gasteiger partial charge in [-0.3, -0.25) is 9.69 Å². The van der Waals surface area contributed by atoms with E-state index in [1.807, 2.05) is 54.6 Å². The Morgan fingerprint density at radius 1 is 0.966 bits per heavy atom. The number of nitrogens with zero attached hydrogens (tertiary/aromatic N) is 1. The highest BCUT2D eigenvalue weighted by Gasteiger charge is 2.11. The Balaban J connectivity index is 1.25. The van der Waals surface area contributed by atoms with Crippen LogP contribution in [0.5, 0.6) is 5.75 Å². The number of morpholine rings is 1. The van der Waals surface area contributed by atoms with Crippen molar-refractivity contribution in [2.45, 2.75) is 6.54 Å². The van der Waals surface area contributed by atoms with Crippen molar-refractivity contribution in [2.75, 3.05) is 39.5 Å². The van der Waals surface area contributed by atoms with Gasteiger partial charge in [0.05, 0.1) is 19.8 Å². The third-order valence-electron chi connectivity index (χ3n) is 5.12. The molecule has 0 unspecified atom stereocenters. The Labute approximate surface area is 171 Å². The summed E-state index contributed by atoms with van der Waals surface area (Å²) in [5.74, 6) is 0.759. The van der Waals surface area contributed by atoms with Crippen molar-refractivity contribution >= 4 is 16.7 Å². The van der Waals surface area contributed by atoms with Gasteiger partial charge in [-0.05, 0) is 29.1 Å². The van der Waals surface area contributed by atoms with Gasteiger partial charge in [-0.2, -0.15) is 0 Å². The summed E-state index contributed by atoms with van der Waals surface area (Å²) in [6.07, 6.45) is 0. The second kappa shape index (κ2) is 9.54. The molecule has 1 saturated heterocycles. The standard InChI is InChI=1S/C24H26N2O3/c27-24(21-10-8-19(9-11-21)18-26-13-16-28-17-14-26)25-12-15-29-23-7-3-5-20-4-1-2-6-22(20)23/h1-11H,12-18H2,(H,25,27). The van der Waals surface area contributed by atoms with E-state index in [-0.39, 0.29) is 5.91 Å². The molecule has 150 valence electrons. The van der Waals surface area contributed by atoms with Crippen molar-refractivity contribution in [2.24, 2.45) is 0 Å². The molecule has 0 aromatic heterocycles. The number of benzene rings is 3. The van der Waals surface area contributed by atoms with Crippen molar-refractivity contribution < 1.29 is 14.3 Å². The fourth-order valence-electron chi connectivity index (χ4n) is 3.53. The van der Waals surface area contributed by atoms with Crippen LogP contribution in [0, 0.1) is 0 Å². The fourth-order valence-corrected chi connectivity index (χ4v) is 3.53. The normalized spacial score (nSPS) is 14.6. The van der Waals surface area contributed by atoms with Gasteiger partial charge in [-0.1, -0.05) is 48.5 Å². The average molecular weight is 390 g/mol. The first-order chi connectivity index (χ1) is 14.3. The predicted octanol–water partition coefficient (Wildman–Crippen LogP) is 3.48. The van der Waals surface area contributed by atoms with E-state index in [0.29, 0.717) is 18.7 Å². The summed E-state index contributed by atoms with van der Waals surface area (Å²) in [5.41, 5.74) is 1.88. The van der Waals surface area contributed by atoms with E-state index in [1.54, 1.807) is 0 Å². The molecule has 0 saturated carbocycles. The number of hydrogen-bond acceptors (Lipinski definition) is 4. The van der Waals surface area contributed by atoms with Crippen LogP contribution in [-0.4, -0.2) is 50.3 Å². The molecule has 1 aliphatic rings. The van der Waals surface area contributed by atoms with Crippen molar-refractivity contribution in [3.8, 4) is 5.75 Å². The highest BCUT2D eigenvalue weighted by atomic mass is 16.5. The number of carbonyl (C=O) groups excluding carboxylic acids is 1. The minimum absolute atomic E-state index is 0.0792. The third-order valence-corrected chi connectivity index (χ3v) is 5.12.